The van der Waals surface area contributed by atoms with Gasteiger partial charge in [-0.25, -0.2) is 0 Å². The lowest BCUT2D eigenvalue weighted by molar-refractivity contribution is -0.648. The molecule has 0 spiro atoms. The largest absolute Gasteiger partial charge is 0.374 e. The molecule has 96 valence electrons. The molecule has 3 aromatic rings. The Hall–Kier alpha value is -2.63. The Morgan fingerprint density at radius 1 is 1.37 bits per heavy atom. The molecule has 6 heteroatoms. The summed E-state index contributed by atoms with van der Waals surface area (Å²) >= 11 is 0. The normalized spacial score (nSPS) is 10.8. The molecule has 2 aromatic heterocycles. The average molecular weight is 256 g/mol. The maximum atomic E-state index is 11.2. The highest BCUT2D eigenvalue weighted by atomic mass is 16.1. The highest BCUT2D eigenvalue weighted by Gasteiger charge is 2.18. The summed E-state index contributed by atoms with van der Waals surface area (Å²) in [6, 6.07) is 9.63. The van der Waals surface area contributed by atoms with Gasteiger partial charge in [-0.2, -0.15) is 0 Å². The third-order valence-corrected chi connectivity index (χ3v) is 2.78. The molecule has 1 amide bonds. The number of carbonyl (C=O) groups excluding carboxylic acids is 1. The number of para-hydroxylation sites is 2. The van der Waals surface area contributed by atoms with Gasteiger partial charge in [-0.1, -0.05) is 12.1 Å². The molecule has 0 atom stereocenters. The summed E-state index contributed by atoms with van der Waals surface area (Å²) in [7, 11) is 0. The standard InChI is InChI=1S/C13H13N5O/c1-8-7-12(14-9(2)19)18(17-8)13-15-10-5-3-4-6-11(10)16-13/h3-7H,1-2H3,(H2,14,15,16,17,19)/p+1. The minimum Gasteiger partial charge on any atom is -0.261 e. The topological polar surface area (TPSA) is 77.5 Å². The van der Waals surface area contributed by atoms with Crippen molar-refractivity contribution in [2.75, 3.05) is 5.32 Å². The monoisotopic (exact) mass is 256 g/mol. The van der Waals surface area contributed by atoms with Gasteiger partial charge in [-0.05, 0) is 19.1 Å². The van der Waals surface area contributed by atoms with E-state index in [0.29, 0.717) is 11.8 Å². The Bertz CT molecular complexity index is 722. The van der Waals surface area contributed by atoms with Crippen molar-refractivity contribution in [1.82, 2.24) is 15.1 Å². The number of aromatic nitrogens is 4. The number of nitrogens with zero attached hydrogens (tertiary/aromatic N) is 2. The summed E-state index contributed by atoms with van der Waals surface area (Å²) in [6.07, 6.45) is 0. The minimum atomic E-state index is -0.121. The van der Waals surface area contributed by atoms with Gasteiger partial charge in [-0.3, -0.25) is 20.2 Å². The third-order valence-electron chi connectivity index (χ3n) is 2.78. The molecule has 0 saturated heterocycles. The summed E-state index contributed by atoms with van der Waals surface area (Å²) in [6.45, 7) is 3.40. The van der Waals surface area contributed by atoms with E-state index in [0.717, 1.165) is 16.7 Å². The molecule has 0 fully saturated rings. The first kappa shape index (κ1) is 11.5. The predicted molar refractivity (Wildman–Crippen MR) is 71.0 cm³/mol. The van der Waals surface area contributed by atoms with Crippen LogP contribution in [0.15, 0.2) is 30.3 Å². The number of aryl methyl sites for hydroxylation is 1. The van der Waals surface area contributed by atoms with Gasteiger partial charge in [0.15, 0.2) is 5.52 Å². The maximum absolute atomic E-state index is 11.2. The number of benzene rings is 1. The Balaban J connectivity index is 2.12. The van der Waals surface area contributed by atoms with Crippen LogP contribution in [-0.2, 0) is 4.79 Å². The molecule has 0 bridgehead atoms. The molecule has 3 N–H and O–H groups in total. The van der Waals surface area contributed by atoms with Crippen LogP contribution in [0.1, 0.15) is 12.6 Å². The number of imidazole rings is 1. The van der Waals surface area contributed by atoms with E-state index in [-0.39, 0.29) is 5.91 Å². The summed E-state index contributed by atoms with van der Waals surface area (Å²) in [5, 5.41) is 5.91. The van der Waals surface area contributed by atoms with Gasteiger partial charge in [0.05, 0.1) is 0 Å². The van der Waals surface area contributed by atoms with Crippen LogP contribution in [0.5, 0.6) is 0 Å². The molecule has 19 heavy (non-hydrogen) atoms. The van der Waals surface area contributed by atoms with Crippen molar-refractivity contribution in [3.63, 3.8) is 0 Å². The van der Waals surface area contributed by atoms with Crippen molar-refractivity contribution in [2.24, 2.45) is 0 Å². The number of nitrogens with one attached hydrogen (secondary N) is 3. The minimum absolute atomic E-state index is 0.121. The maximum Gasteiger partial charge on any atom is 0.374 e. The molecule has 1 aromatic carbocycles. The van der Waals surface area contributed by atoms with Crippen LogP contribution in [0.3, 0.4) is 0 Å². The molecule has 0 saturated carbocycles. The van der Waals surface area contributed by atoms with E-state index >= 15 is 0 Å². The number of anilines is 1. The second kappa shape index (κ2) is 4.24. The molecule has 0 aliphatic rings. The molecular weight excluding hydrogens is 242 g/mol. The number of fused-ring (bicyclic) bond motifs is 1. The van der Waals surface area contributed by atoms with E-state index in [1.165, 1.54) is 6.92 Å². The van der Waals surface area contributed by atoms with Crippen LogP contribution < -0.4 is 10.00 Å². The Kier molecular flexibility index (Phi) is 2.56. The van der Waals surface area contributed by atoms with Gasteiger partial charge >= 0.3 is 5.95 Å². The first-order valence-corrected chi connectivity index (χ1v) is 5.98. The molecular formula is C13H14N5O+. The summed E-state index contributed by atoms with van der Waals surface area (Å²) in [4.78, 5) is 18.9. The number of hydrogen-bond acceptors (Lipinski definition) is 2. The van der Waals surface area contributed by atoms with E-state index < -0.39 is 0 Å². The van der Waals surface area contributed by atoms with Crippen molar-refractivity contribution in [3.05, 3.63) is 36.0 Å². The number of carbonyl (C=O) groups is 1. The number of hydrogen-bond donors (Lipinski definition) is 3. The molecule has 2 heterocycles. The summed E-state index contributed by atoms with van der Waals surface area (Å²) < 4.78 is 1.72. The highest BCUT2D eigenvalue weighted by molar-refractivity contribution is 5.87. The lowest BCUT2D eigenvalue weighted by Gasteiger charge is -1.97. The third kappa shape index (κ3) is 2.08. The molecule has 0 aliphatic heterocycles. The first-order chi connectivity index (χ1) is 9.13. The molecule has 6 nitrogen and oxygen atoms in total. The van der Waals surface area contributed by atoms with Crippen molar-refractivity contribution in [1.29, 1.82) is 0 Å². The van der Waals surface area contributed by atoms with Crippen LogP contribution in [-0.4, -0.2) is 21.0 Å². The number of rotatable bonds is 2. The van der Waals surface area contributed by atoms with Crippen molar-refractivity contribution in [2.45, 2.75) is 13.8 Å². The number of amides is 1. The predicted octanol–water partition coefficient (Wildman–Crippen LogP) is 1.43. The Morgan fingerprint density at radius 3 is 2.89 bits per heavy atom. The zero-order valence-corrected chi connectivity index (χ0v) is 10.7. The Morgan fingerprint density at radius 2 is 2.16 bits per heavy atom. The fraction of sp³-hybridized carbons (Fsp3) is 0.154. The van der Waals surface area contributed by atoms with Crippen LogP contribution >= 0.6 is 0 Å². The van der Waals surface area contributed by atoms with E-state index in [4.69, 9.17) is 0 Å². The second-order valence-corrected chi connectivity index (χ2v) is 4.42. The molecule has 0 unspecified atom stereocenters. The zero-order valence-electron chi connectivity index (χ0n) is 10.7. The Labute approximate surface area is 109 Å². The number of H-pyrrole nitrogens is 2. The fourth-order valence-corrected chi connectivity index (χ4v) is 2.02. The van der Waals surface area contributed by atoms with Crippen LogP contribution in [0.25, 0.3) is 17.0 Å². The number of aromatic amines is 2. The van der Waals surface area contributed by atoms with Crippen LogP contribution in [0.2, 0.25) is 0 Å². The van der Waals surface area contributed by atoms with E-state index in [9.17, 15) is 4.79 Å². The highest BCUT2D eigenvalue weighted by Crippen LogP contribution is 2.12. The van der Waals surface area contributed by atoms with E-state index in [1.807, 2.05) is 37.3 Å². The summed E-state index contributed by atoms with van der Waals surface area (Å²) in [5.41, 5.74) is 2.77. The lowest BCUT2D eigenvalue weighted by Crippen LogP contribution is -2.38. The first-order valence-electron chi connectivity index (χ1n) is 5.98. The molecule has 0 radical (unpaired) electrons. The van der Waals surface area contributed by atoms with Crippen molar-refractivity contribution in [3.8, 4) is 5.95 Å². The van der Waals surface area contributed by atoms with Crippen molar-refractivity contribution < 1.29 is 9.48 Å². The fourth-order valence-electron chi connectivity index (χ4n) is 2.02. The second-order valence-electron chi connectivity index (χ2n) is 4.42. The van der Waals surface area contributed by atoms with Gasteiger partial charge < -0.3 is 0 Å². The van der Waals surface area contributed by atoms with E-state index in [2.05, 4.69) is 20.4 Å². The van der Waals surface area contributed by atoms with Crippen LogP contribution in [0, 0.1) is 6.92 Å². The van der Waals surface area contributed by atoms with Gasteiger partial charge in [0.2, 0.25) is 5.82 Å². The van der Waals surface area contributed by atoms with Crippen LogP contribution in [0.4, 0.5) is 5.82 Å². The zero-order chi connectivity index (χ0) is 13.4. The van der Waals surface area contributed by atoms with Gasteiger partial charge in [0, 0.05) is 18.7 Å². The SMILES string of the molecule is CC(=O)Nc1cc(C)[nH][n+]1-c1nc2ccccc2[nH]1. The smallest absolute Gasteiger partial charge is 0.261 e. The lowest BCUT2D eigenvalue weighted by atomic mass is 10.3. The molecule has 3 rings (SSSR count). The quantitative estimate of drug-likeness (QED) is 0.607. The van der Waals surface area contributed by atoms with Gasteiger partial charge in [0.25, 0.3) is 5.91 Å². The molecule has 0 aliphatic carbocycles. The summed E-state index contributed by atoms with van der Waals surface area (Å²) in [5.74, 6) is 1.17. The average Bonchev–Trinajstić information content (AvgIpc) is 2.91. The van der Waals surface area contributed by atoms with Gasteiger partial charge in [-0.15, -0.1) is 9.67 Å². The van der Waals surface area contributed by atoms with Crippen molar-refractivity contribution >= 4 is 22.8 Å². The van der Waals surface area contributed by atoms with Gasteiger partial charge in [0.1, 0.15) is 5.52 Å². The van der Waals surface area contributed by atoms with E-state index in [1.54, 1.807) is 4.68 Å².